The number of fused-ring (bicyclic) bond motifs is 2. The zero-order valence-corrected chi connectivity index (χ0v) is 24.4. The number of halogens is 1. The number of hydrogen-bond acceptors (Lipinski definition) is 7. The summed E-state index contributed by atoms with van der Waals surface area (Å²) in [7, 11) is 1.41. The van der Waals surface area contributed by atoms with Gasteiger partial charge in [-0.2, -0.15) is 0 Å². The Morgan fingerprint density at radius 3 is 2.62 bits per heavy atom. The maximum absolute atomic E-state index is 12.2. The van der Waals surface area contributed by atoms with Gasteiger partial charge in [0.15, 0.2) is 17.6 Å². The van der Waals surface area contributed by atoms with E-state index in [-0.39, 0.29) is 18.2 Å². The number of carbonyl (C=O) groups excluding carboxylic acids is 1. The molecule has 1 unspecified atom stereocenters. The van der Waals surface area contributed by atoms with Gasteiger partial charge in [0.05, 0.1) is 42.9 Å². The third-order valence-corrected chi connectivity index (χ3v) is 8.97. The van der Waals surface area contributed by atoms with Crippen molar-refractivity contribution < 1.29 is 23.7 Å². The van der Waals surface area contributed by atoms with Gasteiger partial charge in [0.1, 0.15) is 12.4 Å². The molecule has 3 aliphatic rings. The van der Waals surface area contributed by atoms with Gasteiger partial charge >= 0.3 is 5.97 Å². The number of ether oxygens (including phenoxy) is 4. The van der Waals surface area contributed by atoms with Gasteiger partial charge in [-0.25, -0.2) is 9.78 Å². The van der Waals surface area contributed by atoms with E-state index in [1.54, 1.807) is 6.07 Å². The minimum absolute atomic E-state index is 0.153. The number of benzene rings is 3. The molecule has 0 amide bonds. The van der Waals surface area contributed by atoms with Gasteiger partial charge in [0.2, 0.25) is 0 Å². The highest BCUT2D eigenvalue weighted by Gasteiger charge is 2.30. The van der Waals surface area contributed by atoms with Crippen LogP contribution >= 0.6 is 11.6 Å². The van der Waals surface area contributed by atoms with Crippen LogP contribution in [0.3, 0.4) is 0 Å². The van der Waals surface area contributed by atoms with Crippen molar-refractivity contribution in [3.8, 4) is 11.5 Å². The molecule has 0 N–H and O–H groups in total. The molecule has 4 aromatic rings. The summed E-state index contributed by atoms with van der Waals surface area (Å²) in [6.07, 6.45) is 3.12. The number of imidazole rings is 1. The molecule has 2 saturated heterocycles. The van der Waals surface area contributed by atoms with Crippen LogP contribution in [0.15, 0.2) is 60.7 Å². The van der Waals surface area contributed by atoms with Gasteiger partial charge in [-0.05, 0) is 80.2 Å². The fraction of sp³-hybridized carbons (Fsp3) is 0.394. The molecule has 7 rings (SSSR count). The highest BCUT2D eigenvalue weighted by Crippen LogP contribution is 2.44. The number of methoxy groups -OCH3 is 1. The second-order valence-electron chi connectivity index (χ2n) is 11.3. The van der Waals surface area contributed by atoms with E-state index >= 15 is 0 Å². The Hall–Kier alpha value is -3.59. The SMILES string of the molecule is COC(=O)c1ccc2nc(CN3CCC(c4cccc5c4OCC(c4ccc(Cl)cc4)O5)CC3)n(C[C@@H]3CCO3)c2c1. The molecule has 4 heterocycles. The van der Waals surface area contributed by atoms with Crippen molar-refractivity contribution in [3.63, 3.8) is 0 Å². The first kappa shape index (κ1) is 27.3. The lowest BCUT2D eigenvalue weighted by molar-refractivity contribution is -0.0592. The van der Waals surface area contributed by atoms with E-state index in [2.05, 4.69) is 21.6 Å². The van der Waals surface area contributed by atoms with E-state index in [1.807, 2.05) is 42.5 Å². The number of likely N-dealkylation sites (tertiary alicyclic amines) is 1. The molecule has 8 nitrogen and oxygen atoms in total. The summed E-state index contributed by atoms with van der Waals surface area (Å²) in [6, 6.07) is 19.6. The monoisotopic (exact) mass is 587 g/mol. The molecule has 2 fully saturated rings. The van der Waals surface area contributed by atoms with Crippen molar-refractivity contribution in [2.75, 3.05) is 33.4 Å². The predicted molar refractivity (Wildman–Crippen MR) is 159 cm³/mol. The van der Waals surface area contributed by atoms with Crippen LogP contribution in [0.5, 0.6) is 11.5 Å². The van der Waals surface area contributed by atoms with E-state index in [0.29, 0.717) is 23.1 Å². The lowest BCUT2D eigenvalue weighted by Crippen LogP contribution is -2.35. The molecule has 9 heteroatoms. The predicted octanol–water partition coefficient (Wildman–Crippen LogP) is 6.16. The molecule has 0 spiro atoms. The number of rotatable bonds is 7. The smallest absolute Gasteiger partial charge is 0.337 e. The molecule has 0 saturated carbocycles. The first-order chi connectivity index (χ1) is 20.6. The van der Waals surface area contributed by atoms with Gasteiger partial charge in [-0.3, -0.25) is 4.90 Å². The topological polar surface area (TPSA) is 75.0 Å². The molecule has 0 bridgehead atoms. The van der Waals surface area contributed by atoms with Crippen LogP contribution in [0.4, 0.5) is 0 Å². The van der Waals surface area contributed by atoms with E-state index in [9.17, 15) is 4.79 Å². The Morgan fingerprint density at radius 1 is 1.07 bits per heavy atom. The van der Waals surface area contributed by atoms with Crippen LogP contribution in [0.1, 0.15) is 58.6 Å². The van der Waals surface area contributed by atoms with Crippen molar-refractivity contribution in [1.29, 1.82) is 0 Å². The number of nitrogens with zero attached hydrogens (tertiary/aromatic N) is 3. The van der Waals surface area contributed by atoms with Gasteiger partial charge < -0.3 is 23.5 Å². The zero-order chi connectivity index (χ0) is 28.6. The van der Waals surface area contributed by atoms with E-state index in [0.717, 1.165) is 86.0 Å². The number of para-hydroxylation sites is 1. The molecule has 42 heavy (non-hydrogen) atoms. The quantitative estimate of drug-likeness (QED) is 0.240. The summed E-state index contributed by atoms with van der Waals surface area (Å²) in [4.78, 5) is 19.7. The fourth-order valence-corrected chi connectivity index (χ4v) is 6.39. The fourth-order valence-electron chi connectivity index (χ4n) is 6.27. The highest BCUT2D eigenvalue weighted by atomic mass is 35.5. The molecule has 0 radical (unpaired) electrons. The first-order valence-corrected chi connectivity index (χ1v) is 15.0. The minimum Gasteiger partial charge on any atom is -0.485 e. The molecular formula is C33H34ClN3O5. The second kappa shape index (κ2) is 11.6. The molecule has 1 aromatic heterocycles. The van der Waals surface area contributed by atoms with Crippen LogP contribution in [0.2, 0.25) is 5.02 Å². The Labute approximate surface area is 250 Å². The largest absolute Gasteiger partial charge is 0.485 e. The summed E-state index contributed by atoms with van der Waals surface area (Å²) < 4.78 is 25.7. The van der Waals surface area contributed by atoms with Crippen LogP contribution in [-0.2, 0) is 22.6 Å². The van der Waals surface area contributed by atoms with Crippen molar-refractivity contribution in [1.82, 2.24) is 14.5 Å². The van der Waals surface area contributed by atoms with Gasteiger partial charge in [0, 0.05) is 17.2 Å². The van der Waals surface area contributed by atoms with Gasteiger partial charge in [-0.15, -0.1) is 0 Å². The summed E-state index contributed by atoms with van der Waals surface area (Å²) in [5.41, 5.74) is 4.65. The van der Waals surface area contributed by atoms with Crippen LogP contribution in [0.25, 0.3) is 11.0 Å². The average molecular weight is 588 g/mol. The molecule has 218 valence electrons. The Bertz CT molecular complexity index is 1590. The van der Waals surface area contributed by atoms with Crippen LogP contribution in [0, 0.1) is 0 Å². The molecule has 3 aliphatic heterocycles. The van der Waals surface area contributed by atoms with Crippen molar-refractivity contribution in [3.05, 3.63) is 88.2 Å². The average Bonchev–Trinajstić information content (AvgIpc) is 3.34. The number of piperidine rings is 1. The summed E-state index contributed by atoms with van der Waals surface area (Å²) in [5, 5.41) is 0.710. The summed E-state index contributed by atoms with van der Waals surface area (Å²) >= 11 is 6.07. The maximum Gasteiger partial charge on any atom is 0.337 e. The van der Waals surface area contributed by atoms with Gasteiger partial charge in [0.25, 0.3) is 0 Å². The number of carbonyl (C=O) groups is 1. The lowest BCUT2D eigenvalue weighted by atomic mass is 9.88. The maximum atomic E-state index is 12.2. The Balaban J connectivity index is 1.05. The van der Waals surface area contributed by atoms with Gasteiger partial charge in [-0.1, -0.05) is 35.9 Å². The normalized spacial score (nSPS) is 20.8. The zero-order valence-electron chi connectivity index (χ0n) is 23.6. The summed E-state index contributed by atoms with van der Waals surface area (Å²) in [6.45, 7) is 4.67. The third kappa shape index (κ3) is 5.35. The standard InChI is InChI=1S/C33H34ClN3O5/c1-39-33(38)23-7-10-27-28(17-23)37(18-25-13-16-40-25)31(35-27)19-36-14-11-21(12-15-36)26-3-2-4-29-32(26)41-20-30(42-29)22-5-8-24(34)9-6-22/h2-10,17,21,25,30H,11-16,18-20H2,1H3/t25-,30?/m0/s1. The van der Waals surface area contributed by atoms with Crippen LogP contribution < -0.4 is 9.47 Å². The van der Waals surface area contributed by atoms with E-state index in [1.165, 1.54) is 12.7 Å². The van der Waals surface area contributed by atoms with E-state index in [4.69, 9.17) is 35.5 Å². The lowest BCUT2D eigenvalue weighted by Gasteiger charge is -2.35. The third-order valence-electron chi connectivity index (χ3n) is 8.72. The summed E-state index contributed by atoms with van der Waals surface area (Å²) in [5.74, 6) is 2.75. The molecular weight excluding hydrogens is 554 g/mol. The second-order valence-corrected chi connectivity index (χ2v) is 11.7. The molecule has 2 atom stereocenters. The Kier molecular flexibility index (Phi) is 7.52. The molecule has 3 aromatic carbocycles. The van der Waals surface area contributed by atoms with Crippen molar-refractivity contribution in [2.24, 2.45) is 0 Å². The Morgan fingerprint density at radius 2 is 1.88 bits per heavy atom. The number of hydrogen-bond donors (Lipinski definition) is 0. The van der Waals surface area contributed by atoms with Crippen LogP contribution in [-0.4, -0.2) is 59.9 Å². The van der Waals surface area contributed by atoms with Crippen molar-refractivity contribution in [2.45, 2.75) is 50.5 Å². The first-order valence-electron chi connectivity index (χ1n) is 14.6. The highest BCUT2D eigenvalue weighted by molar-refractivity contribution is 6.30. The number of esters is 1. The van der Waals surface area contributed by atoms with Crippen molar-refractivity contribution >= 4 is 28.6 Å². The van der Waals surface area contributed by atoms with E-state index < -0.39 is 0 Å². The minimum atomic E-state index is -0.342. The molecule has 0 aliphatic carbocycles. The number of aromatic nitrogens is 2.